The quantitative estimate of drug-likeness (QED) is 0.608. The first kappa shape index (κ1) is 11.8. The van der Waals surface area contributed by atoms with Gasteiger partial charge in [0, 0.05) is 10.7 Å². The van der Waals surface area contributed by atoms with Gasteiger partial charge in [0.25, 0.3) is 0 Å². The molecule has 5 heteroatoms. The molecule has 0 heterocycles. The molecular weight excluding hydrogens is 218 g/mol. The fourth-order valence-electron chi connectivity index (χ4n) is 0.994. The van der Waals surface area contributed by atoms with Crippen LogP contribution >= 0.6 is 11.6 Å². The van der Waals surface area contributed by atoms with Crippen LogP contribution < -0.4 is 5.73 Å². The van der Waals surface area contributed by atoms with Crippen LogP contribution in [-0.2, 0) is 4.74 Å². The fraction of sp³-hybridized carbons (Fsp3) is 0.300. The number of nitrogens with two attached hydrogens (primary N) is 1. The molecule has 1 aromatic rings. The molecule has 0 aliphatic heterocycles. The fourth-order valence-corrected chi connectivity index (χ4v) is 1.17. The number of carbonyl (C=O) groups excluding carboxylic acids is 1. The van der Waals surface area contributed by atoms with Crippen LogP contribution in [0.4, 0.5) is 5.69 Å². The number of anilines is 1. The van der Waals surface area contributed by atoms with E-state index >= 15 is 0 Å². The summed E-state index contributed by atoms with van der Waals surface area (Å²) in [7, 11) is 0. The van der Waals surface area contributed by atoms with Gasteiger partial charge in [0.2, 0.25) is 0 Å². The average molecular weight is 230 g/mol. The minimum Gasteiger partial charge on any atom is -0.459 e. The maximum atomic E-state index is 11.4. The number of benzene rings is 1. The molecule has 0 saturated carbocycles. The Morgan fingerprint density at radius 1 is 1.67 bits per heavy atom. The van der Waals surface area contributed by atoms with Crippen LogP contribution in [0.15, 0.2) is 18.2 Å². The molecule has 82 valence electrons. The van der Waals surface area contributed by atoms with Crippen molar-refractivity contribution in [3.63, 3.8) is 0 Å². The summed E-state index contributed by atoms with van der Waals surface area (Å²) in [6.45, 7) is 1.47. The molecule has 4 nitrogen and oxygen atoms in total. The molecule has 1 atom stereocenters. The SMILES string of the molecule is CC(O)COC(=O)c1ccc(Cl)cc1N. The van der Waals surface area contributed by atoms with Crippen molar-refractivity contribution in [2.24, 2.45) is 0 Å². The van der Waals surface area contributed by atoms with Crippen LogP contribution in [0.2, 0.25) is 5.02 Å². The second-order valence-corrected chi connectivity index (χ2v) is 3.62. The number of halogens is 1. The zero-order chi connectivity index (χ0) is 11.4. The molecule has 0 fully saturated rings. The molecule has 1 rings (SSSR count). The summed E-state index contributed by atoms with van der Waals surface area (Å²) in [5.74, 6) is -0.565. The van der Waals surface area contributed by atoms with Gasteiger partial charge < -0.3 is 15.6 Å². The van der Waals surface area contributed by atoms with Crippen LogP contribution in [0, 0.1) is 0 Å². The molecule has 3 N–H and O–H groups in total. The number of ether oxygens (including phenoxy) is 1. The Balaban J connectivity index is 2.74. The van der Waals surface area contributed by atoms with Crippen molar-refractivity contribution in [3.05, 3.63) is 28.8 Å². The van der Waals surface area contributed by atoms with E-state index < -0.39 is 12.1 Å². The van der Waals surface area contributed by atoms with Gasteiger partial charge in [-0.25, -0.2) is 4.79 Å². The number of rotatable bonds is 3. The van der Waals surface area contributed by atoms with E-state index in [1.54, 1.807) is 6.07 Å². The minimum absolute atomic E-state index is 0.0547. The highest BCUT2D eigenvalue weighted by Gasteiger charge is 2.12. The van der Waals surface area contributed by atoms with E-state index in [1.165, 1.54) is 19.1 Å². The lowest BCUT2D eigenvalue weighted by Crippen LogP contribution is -2.16. The maximum Gasteiger partial charge on any atom is 0.340 e. The van der Waals surface area contributed by atoms with Gasteiger partial charge in [-0.2, -0.15) is 0 Å². The van der Waals surface area contributed by atoms with Crippen molar-refractivity contribution >= 4 is 23.3 Å². The Bertz CT molecular complexity index is 366. The molecule has 0 radical (unpaired) electrons. The topological polar surface area (TPSA) is 72.5 Å². The van der Waals surface area contributed by atoms with Crippen molar-refractivity contribution in [1.82, 2.24) is 0 Å². The molecule has 0 aliphatic rings. The maximum absolute atomic E-state index is 11.4. The molecule has 15 heavy (non-hydrogen) atoms. The zero-order valence-electron chi connectivity index (χ0n) is 8.24. The molecule has 0 amide bonds. The summed E-state index contributed by atoms with van der Waals surface area (Å²) < 4.78 is 4.80. The largest absolute Gasteiger partial charge is 0.459 e. The van der Waals surface area contributed by atoms with Gasteiger partial charge >= 0.3 is 5.97 Å². The number of esters is 1. The summed E-state index contributed by atoms with van der Waals surface area (Å²) in [5, 5.41) is 9.39. The Hall–Kier alpha value is -1.26. The van der Waals surface area contributed by atoms with Crippen LogP contribution in [0.5, 0.6) is 0 Å². The van der Waals surface area contributed by atoms with E-state index in [1.807, 2.05) is 0 Å². The van der Waals surface area contributed by atoms with Gasteiger partial charge in [-0.3, -0.25) is 0 Å². The Labute approximate surface area is 92.6 Å². The highest BCUT2D eigenvalue weighted by molar-refractivity contribution is 6.31. The van der Waals surface area contributed by atoms with Gasteiger partial charge in [0.05, 0.1) is 11.7 Å². The third-order valence-electron chi connectivity index (χ3n) is 1.69. The van der Waals surface area contributed by atoms with E-state index in [9.17, 15) is 4.79 Å². The summed E-state index contributed by atoms with van der Waals surface area (Å²) in [5.41, 5.74) is 6.09. The second kappa shape index (κ2) is 5.00. The van der Waals surface area contributed by atoms with Gasteiger partial charge in [-0.15, -0.1) is 0 Å². The monoisotopic (exact) mass is 229 g/mol. The minimum atomic E-state index is -0.692. The van der Waals surface area contributed by atoms with Gasteiger partial charge in [-0.1, -0.05) is 11.6 Å². The molecule has 0 spiro atoms. The Morgan fingerprint density at radius 3 is 2.87 bits per heavy atom. The lowest BCUT2D eigenvalue weighted by atomic mass is 10.2. The molecule has 0 aliphatic carbocycles. The van der Waals surface area contributed by atoms with E-state index in [0.717, 1.165) is 0 Å². The van der Waals surface area contributed by atoms with Crippen LogP contribution in [0.25, 0.3) is 0 Å². The molecule has 0 aromatic heterocycles. The van der Waals surface area contributed by atoms with E-state index in [2.05, 4.69) is 0 Å². The zero-order valence-corrected chi connectivity index (χ0v) is 8.99. The molecule has 0 bridgehead atoms. The molecular formula is C10H12ClNO3. The number of aliphatic hydroxyl groups is 1. The van der Waals surface area contributed by atoms with Crippen LogP contribution in [0.1, 0.15) is 17.3 Å². The summed E-state index contributed by atoms with van der Waals surface area (Å²) in [6.07, 6.45) is -0.692. The smallest absolute Gasteiger partial charge is 0.340 e. The predicted octanol–water partition coefficient (Wildman–Crippen LogP) is 1.46. The highest BCUT2D eigenvalue weighted by Crippen LogP contribution is 2.18. The van der Waals surface area contributed by atoms with Crippen molar-refractivity contribution in [1.29, 1.82) is 0 Å². The molecule has 1 unspecified atom stereocenters. The molecule has 1 aromatic carbocycles. The average Bonchev–Trinajstić information content (AvgIpc) is 2.14. The van der Waals surface area contributed by atoms with E-state index in [0.29, 0.717) is 5.02 Å². The number of carbonyl (C=O) groups is 1. The first-order valence-electron chi connectivity index (χ1n) is 4.41. The third-order valence-corrected chi connectivity index (χ3v) is 1.92. The van der Waals surface area contributed by atoms with Crippen LogP contribution in [0.3, 0.4) is 0 Å². The van der Waals surface area contributed by atoms with Gasteiger partial charge in [-0.05, 0) is 25.1 Å². The number of hydrogen-bond donors (Lipinski definition) is 2. The van der Waals surface area contributed by atoms with Gasteiger partial charge in [0.1, 0.15) is 6.61 Å². The van der Waals surface area contributed by atoms with Crippen molar-refractivity contribution in [3.8, 4) is 0 Å². The van der Waals surface area contributed by atoms with Crippen molar-refractivity contribution < 1.29 is 14.6 Å². The van der Waals surface area contributed by atoms with Crippen molar-refractivity contribution in [2.75, 3.05) is 12.3 Å². The first-order chi connectivity index (χ1) is 7.00. The summed E-state index contributed by atoms with van der Waals surface area (Å²) in [6, 6.07) is 4.51. The predicted molar refractivity (Wildman–Crippen MR) is 57.8 cm³/mol. The normalized spacial score (nSPS) is 12.2. The Kier molecular flexibility index (Phi) is 3.94. The van der Waals surface area contributed by atoms with E-state index in [4.69, 9.17) is 27.2 Å². The lowest BCUT2D eigenvalue weighted by molar-refractivity contribution is 0.0297. The Morgan fingerprint density at radius 2 is 2.33 bits per heavy atom. The summed E-state index contributed by atoms with van der Waals surface area (Å²) in [4.78, 5) is 11.4. The number of nitrogen functional groups attached to an aromatic ring is 1. The molecule has 0 saturated heterocycles. The van der Waals surface area contributed by atoms with Crippen molar-refractivity contribution in [2.45, 2.75) is 13.0 Å². The van der Waals surface area contributed by atoms with Crippen LogP contribution in [-0.4, -0.2) is 23.8 Å². The highest BCUT2D eigenvalue weighted by atomic mass is 35.5. The lowest BCUT2D eigenvalue weighted by Gasteiger charge is -2.08. The summed E-state index contributed by atoms with van der Waals surface area (Å²) >= 11 is 5.68. The van der Waals surface area contributed by atoms with Gasteiger partial charge in [0.15, 0.2) is 0 Å². The third kappa shape index (κ3) is 3.42. The standard InChI is InChI=1S/C10H12ClNO3/c1-6(13)5-15-10(14)8-3-2-7(11)4-9(8)12/h2-4,6,13H,5,12H2,1H3. The number of aliphatic hydroxyl groups excluding tert-OH is 1. The number of hydrogen-bond acceptors (Lipinski definition) is 4. The first-order valence-corrected chi connectivity index (χ1v) is 4.78. The van der Waals surface area contributed by atoms with E-state index in [-0.39, 0.29) is 17.9 Å². The second-order valence-electron chi connectivity index (χ2n) is 3.18.